The van der Waals surface area contributed by atoms with Crippen LogP contribution in [0, 0.1) is 0 Å². The Morgan fingerprint density at radius 1 is 1.47 bits per heavy atom. The zero-order chi connectivity index (χ0) is 12.3. The molecule has 0 unspecified atom stereocenters. The van der Waals surface area contributed by atoms with Gasteiger partial charge in [-0.1, -0.05) is 13.3 Å². The minimum absolute atomic E-state index is 0.261. The Kier molecular flexibility index (Phi) is 4.22. The third-order valence-electron chi connectivity index (χ3n) is 2.99. The van der Waals surface area contributed by atoms with Crippen LogP contribution in [0.25, 0.3) is 0 Å². The highest BCUT2D eigenvalue weighted by atomic mass is 32.2. The minimum Gasteiger partial charge on any atom is -0.212 e. The molecule has 96 valence electrons. The molecule has 1 saturated carbocycles. The highest BCUT2D eigenvalue weighted by molar-refractivity contribution is 7.89. The predicted molar refractivity (Wildman–Crippen MR) is 71.6 cm³/mol. The average Bonchev–Trinajstić information content (AvgIpc) is 3.00. The van der Waals surface area contributed by atoms with Gasteiger partial charge in [-0.15, -0.1) is 0 Å². The van der Waals surface area contributed by atoms with E-state index in [9.17, 15) is 8.42 Å². The summed E-state index contributed by atoms with van der Waals surface area (Å²) in [5, 5.41) is 4.03. The van der Waals surface area contributed by atoms with Crippen LogP contribution in [0.15, 0.2) is 16.8 Å². The molecule has 0 aromatic carbocycles. The van der Waals surface area contributed by atoms with E-state index in [-0.39, 0.29) is 6.04 Å². The van der Waals surface area contributed by atoms with Gasteiger partial charge in [0.15, 0.2) is 0 Å². The van der Waals surface area contributed by atoms with Crippen molar-refractivity contribution in [2.75, 3.05) is 5.75 Å². The van der Waals surface area contributed by atoms with Crippen LogP contribution in [-0.2, 0) is 16.6 Å². The maximum Gasteiger partial charge on any atom is 0.214 e. The lowest BCUT2D eigenvalue weighted by atomic mass is 10.3. The van der Waals surface area contributed by atoms with Crippen molar-refractivity contribution in [3.63, 3.8) is 0 Å². The number of unbranched alkanes of at least 4 members (excludes halogenated alkanes) is 1. The molecule has 1 aliphatic rings. The quantitative estimate of drug-likeness (QED) is 0.766. The molecule has 1 heterocycles. The summed E-state index contributed by atoms with van der Waals surface area (Å²) in [6.45, 7) is 2.58. The number of hydrogen-bond donors (Lipinski definition) is 0. The standard InChI is InChI=1S/C12H19NO2S2/c1-2-3-8-17(14,15)13(12-4-5-12)9-11-6-7-16-10-11/h6-7,10,12H,2-5,8-9H2,1H3. The van der Waals surface area contributed by atoms with Crippen molar-refractivity contribution in [2.45, 2.75) is 45.2 Å². The second-order valence-electron chi connectivity index (χ2n) is 4.58. The highest BCUT2D eigenvalue weighted by Gasteiger charge is 2.36. The van der Waals surface area contributed by atoms with Gasteiger partial charge in [0.1, 0.15) is 0 Å². The number of nitrogens with zero attached hydrogens (tertiary/aromatic N) is 1. The van der Waals surface area contributed by atoms with Gasteiger partial charge in [-0.3, -0.25) is 0 Å². The second kappa shape index (κ2) is 5.50. The summed E-state index contributed by atoms with van der Waals surface area (Å²) in [6.07, 6.45) is 3.73. The third-order valence-corrected chi connectivity index (χ3v) is 5.66. The number of thiophene rings is 1. The van der Waals surface area contributed by atoms with Gasteiger partial charge in [0, 0.05) is 12.6 Å². The van der Waals surface area contributed by atoms with Crippen molar-refractivity contribution < 1.29 is 8.42 Å². The molecule has 1 fully saturated rings. The summed E-state index contributed by atoms with van der Waals surface area (Å²) >= 11 is 1.62. The largest absolute Gasteiger partial charge is 0.214 e. The average molecular weight is 273 g/mol. The Bertz CT molecular complexity index is 435. The van der Waals surface area contributed by atoms with Crippen molar-refractivity contribution in [3.8, 4) is 0 Å². The van der Waals surface area contributed by atoms with Gasteiger partial charge in [-0.2, -0.15) is 15.6 Å². The van der Waals surface area contributed by atoms with Crippen molar-refractivity contribution in [3.05, 3.63) is 22.4 Å². The third kappa shape index (κ3) is 3.53. The SMILES string of the molecule is CCCCS(=O)(=O)N(Cc1ccsc1)C1CC1. The van der Waals surface area contributed by atoms with Gasteiger partial charge in [-0.25, -0.2) is 8.42 Å². The van der Waals surface area contributed by atoms with E-state index < -0.39 is 10.0 Å². The van der Waals surface area contributed by atoms with E-state index in [1.165, 1.54) is 0 Å². The number of hydrogen-bond acceptors (Lipinski definition) is 3. The van der Waals surface area contributed by atoms with Gasteiger partial charge in [0.25, 0.3) is 0 Å². The maximum absolute atomic E-state index is 12.2. The first kappa shape index (κ1) is 13.1. The van der Waals surface area contributed by atoms with Crippen LogP contribution in [0.3, 0.4) is 0 Å². The van der Waals surface area contributed by atoms with Crippen LogP contribution in [0.5, 0.6) is 0 Å². The van der Waals surface area contributed by atoms with Gasteiger partial charge < -0.3 is 0 Å². The molecule has 0 atom stereocenters. The second-order valence-corrected chi connectivity index (χ2v) is 7.40. The smallest absolute Gasteiger partial charge is 0.212 e. The van der Waals surface area contributed by atoms with E-state index in [0.29, 0.717) is 12.3 Å². The van der Waals surface area contributed by atoms with Crippen LogP contribution in [-0.4, -0.2) is 24.5 Å². The van der Waals surface area contributed by atoms with Crippen LogP contribution in [0.4, 0.5) is 0 Å². The zero-order valence-electron chi connectivity index (χ0n) is 10.1. The molecule has 0 N–H and O–H groups in total. The highest BCUT2D eigenvalue weighted by Crippen LogP contribution is 2.31. The number of sulfonamides is 1. The summed E-state index contributed by atoms with van der Waals surface area (Å²) in [6, 6.07) is 2.27. The minimum atomic E-state index is -3.06. The summed E-state index contributed by atoms with van der Waals surface area (Å²) in [4.78, 5) is 0. The first-order valence-electron chi connectivity index (χ1n) is 6.14. The van der Waals surface area contributed by atoms with Crippen LogP contribution < -0.4 is 0 Å². The summed E-state index contributed by atoms with van der Waals surface area (Å²) in [5.74, 6) is 0.296. The van der Waals surface area contributed by atoms with Crippen LogP contribution in [0.1, 0.15) is 38.2 Å². The van der Waals surface area contributed by atoms with Crippen molar-refractivity contribution in [2.24, 2.45) is 0 Å². The predicted octanol–water partition coefficient (Wildman–Crippen LogP) is 2.84. The lowest BCUT2D eigenvalue weighted by Crippen LogP contribution is -2.34. The van der Waals surface area contributed by atoms with Crippen LogP contribution in [0.2, 0.25) is 0 Å². The van der Waals surface area contributed by atoms with Gasteiger partial charge >= 0.3 is 0 Å². The van der Waals surface area contributed by atoms with Crippen molar-refractivity contribution in [1.29, 1.82) is 0 Å². The molecule has 1 aromatic rings. The molecular formula is C12H19NO2S2. The topological polar surface area (TPSA) is 37.4 Å². The van der Waals surface area contributed by atoms with E-state index in [4.69, 9.17) is 0 Å². The van der Waals surface area contributed by atoms with Crippen LogP contribution >= 0.6 is 11.3 Å². The maximum atomic E-state index is 12.2. The Morgan fingerprint density at radius 2 is 2.24 bits per heavy atom. The molecule has 0 spiro atoms. The van der Waals surface area contributed by atoms with E-state index in [2.05, 4.69) is 0 Å². The Hall–Kier alpha value is -0.390. The molecule has 0 bridgehead atoms. The molecule has 2 rings (SSSR count). The fourth-order valence-corrected chi connectivity index (χ4v) is 4.38. The molecule has 0 radical (unpaired) electrons. The molecular weight excluding hydrogens is 254 g/mol. The monoisotopic (exact) mass is 273 g/mol. The number of rotatable bonds is 7. The molecule has 3 nitrogen and oxygen atoms in total. The molecule has 0 amide bonds. The van der Waals surface area contributed by atoms with Gasteiger partial charge in [-0.05, 0) is 41.7 Å². The summed E-state index contributed by atoms with van der Waals surface area (Å²) in [5.41, 5.74) is 1.11. The van der Waals surface area contributed by atoms with Crippen molar-refractivity contribution in [1.82, 2.24) is 4.31 Å². The Labute approximate surface area is 108 Å². The van der Waals surface area contributed by atoms with E-state index in [1.807, 2.05) is 23.8 Å². The van der Waals surface area contributed by atoms with E-state index in [0.717, 1.165) is 31.2 Å². The van der Waals surface area contributed by atoms with E-state index >= 15 is 0 Å². The molecule has 17 heavy (non-hydrogen) atoms. The molecule has 1 aliphatic carbocycles. The fraction of sp³-hybridized carbons (Fsp3) is 0.667. The molecule has 5 heteroatoms. The molecule has 0 aliphatic heterocycles. The first-order chi connectivity index (χ1) is 8.13. The molecule has 1 aromatic heterocycles. The lowest BCUT2D eigenvalue weighted by molar-refractivity contribution is 0.398. The van der Waals surface area contributed by atoms with Gasteiger partial charge in [0.2, 0.25) is 10.0 Å². The zero-order valence-corrected chi connectivity index (χ0v) is 11.8. The fourth-order valence-electron chi connectivity index (χ4n) is 1.82. The first-order valence-corrected chi connectivity index (χ1v) is 8.69. The summed E-state index contributed by atoms with van der Waals surface area (Å²) in [7, 11) is -3.06. The summed E-state index contributed by atoms with van der Waals surface area (Å²) < 4.78 is 26.2. The van der Waals surface area contributed by atoms with Crippen molar-refractivity contribution >= 4 is 21.4 Å². The Balaban J connectivity index is 2.06. The Morgan fingerprint density at radius 3 is 2.76 bits per heavy atom. The molecule has 0 saturated heterocycles. The van der Waals surface area contributed by atoms with Gasteiger partial charge in [0.05, 0.1) is 5.75 Å². The van der Waals surface area contributed by atoms with E-state index in [1.54, 1.807) is 15.6 Å². The normalized spacial score (nSPS) is 16.6. The lowest BCUT2D eigenvalue weighted by Gasteiger charge is -2.21.